The van der Waals surface area contributed by atoms with Gasteiger partial charge in [-0.25, -0.2) is 0 Å². The maximum absolute atomic E-state index is 12.9. The molecule has 4 rings (SSSR count). The fourth-order valence-corrected chi connectivity index (χ4v) is 4.72. The summed E-state index contributed by atoms with van der Waals surface area (Å²) in [6.45, 7) is 11.7. The zero-order valence-corrected chi connectivity index (χ0v) is 17.6. The van der Waals surface area contributed by atoms with E-state index in [-0.39, 0.29) is 11.8 Å². The number of nitrogens with zero attached hydrogens (tertiary/aromatic N) is 3. The minimum absolute atomic E-state index is 0.0965. The first kappa shape index (κ1) is 19.5. The summed E-state index contributed by atoms with van der Waals surface area (Å²) in [6.07, 6.45) is 0.914. The molecule has 1 aliphatic carbocycles. The molecule has 2 aliphatic heterocycles. The second-order valence-corrected chi connectivity index (χ2v) is 8.38. The Morgan fingerprint density at radius 1 is 1.07 bits per heavy atom. The molecule has 154 valence electrons. The third-order valence-corrected chi connectivity index (χ3v) is 6.80. The van der Waals surface area contributed by atoms with Gasteiger partial charge in [-0.15, -0.1) is 0 Å². The maximum Gasteiger partial charge on any atom is 0.226 e. The van der Waals surface area contributed by atoms with Crippen molar-refractivity contribution in [3.05, 3.63) is 23.3 Å². The molecular formula is C22H33N3O3. The van der Waals surface area contributed by atoms with Crippen molar-refractivity contribution < 1.29 is 14.3 Å². The van der Waals surface area contributed by atoms with Crippen LogP contribution < -0.4 is 9.47 Å². The van der Waals surface area contributed by atoms with Crippen molar-refractivity contribution in [1.82, 2.24) is 14.7 Å². The van der Waals surface area contributed by atoms with Gasteiger partial charge < -0.3 is 19.3 Å². The van der Waals surface area contributed by atoms with Gasteiger partial charge in [0.2, 0.25) is 5.91 Å². The summed E-state index contributed by atoms with van der Waals surface area (Å²) in [4.78, 5) is 20.1. The number of piperazine rings is 1. The molecule has 0 N–H and O–H groups in total. The van der Waals surface area contributed by atoms with E-state index < -0.39 is 0 Å². The number of benzene rings is 1. The Hall–Kier alpha value is -1.79. The van der Waals surface area contributed by atoms with Gasteiger partial charge in [0.15, 0.2) is 0 Å². The van der Waals surface area contributed by atoms with Gasteiger partial charge in [0.25, 0.3) is 0 Å². The molecule has 3 aliphatic rings. The number of aryl methyl sites for hydroxylation is 1. The highest BCUT2D eigenvalue weighted by molar-refractivity contribution is 5.84. The summed E-state index contributed by atoms with van der Waals surface area (Å²) in [5.74, 6) is 2.40. The summed E-state index contributed by atoms with van der Waals surface area (Å²) in [6, 6.07) is 4.62. The minimum atomic E-state index is 0.0965. The highest BCUT2D eigenvalue weighted by atomic mass is 16.5. The maximum atomic E-state index is 12.9. The van der Waals surface area contributed by atoms with Crippen molar-refractivity contribution in [1.29, 1.82) is 0 Å². The Balaban J connectivity index is 1.33. The number of rotatable bonds is 6. The Labute approximate surface area is 168 Å². The third-order valence-electron chi connectivity index (χ3n) is 6.80. The van der Waals surface area contributed by atoms with Crippen molar-refractivity contribution in [2.45, 2.75) is 32.2 Å². The quantitative estimate of drug-likeness (QED) is 0.747. The smallest absolute Gasteiger partial charge is 0.226 e. The van der Waals surface area contributed by atoms with Gasteiger partial charge in [-0.1, -0.05) is 6.92 Å². The van der Waals surface area contributed by atoms with Crippen LogP contribution in [0.25, 0.3) is 0 Å². The fraction of sp³-hybridized carbons (Fsp3) is 0.682. The van der Waals surface area contributed by atoms with Gasteiger partial charge in [0, 0.05) is 62.7 Å². The van der Waals surface area contributed by atoms with E-state index in [1.54, 1.807) is 14.2 Å². The molecule has 1 amide bonds. The van der Waals surface area contributed by atoms with Crippen LogP contribution in [0, 0.1) is 12.8 Å². The van der Waals surface area contributed by atoms with E-state index in [1.165, 1.54) is 0 Å². The predicted molar refractivity (Wildman–Crippen MR) is 109 cm³/mol. The topological polar surface area (TPSA) is 45.2 Å². The Morgan fingerprint density at radius 2 is 1.75 bits per heavy atom. The number of likely N-dealkylation sites (tertiary alicyclic amines) is 1. The molecule has 0 radical (unpaired) electrons. The molecule has 28 heavy (non-hydrogen) atoms. The highest BCUT2D eigenvalue weighted by Crippen LogP contribution is 2.52. The lowest BCUT2D eigenvalue weighted by Gasteiger charge is -2.48. The molecule has 1 aromatic rings. The van der Waals surface area contributed by atoms with Gasteiger partial charge >= 0.3 is 0 Å². The van der Waals surface area contributed by atoms with Crippen LogP contribution in [0.1, 0.15) is 30.4 Å². The Kier molecular flexibility index (Phi) is 5.52. The van der Waals surface area contributed by atoms with E-state index in [1.807, 2.05) is 13.0 Å². The van der Waals surface area contributed by atoms with E-state index in [0.717, 1.165) is 74.9 Å². The predicted octanol–water partition coefficient (Wildman–Crippen LogP) is 1.96. The fourth-order valence-electron chi connectivity index (χ4n) is 4.72. The van der Waals surface area contributed by atoms with Crippen LogP contribution in [-0.2, 0) is 4.79 Å². The number of hydrogen-bond donors (Lipinski definition) is 0. The van der Waals surface area contributed by atoms with Crippen LogP contribution >= 0.6 is 0 Å². The number of hydrogen-bond acceptors (Lipinski definition) is 5. The van der Waals surface area contributed by atoms with Crippen molar-refractivity contribution >= 4 is 5.91 Å². The van der Waals surface area contributed by atoms with Gasteiger partial charge in [-0.05, 0) is 37.6 Å². The van der Waals surface area contributed by atoms with E-state index >= 15 is 0 Å². The van der Waals surface area contributed by atoms with Crippen LogP contribution in [0.2, 0.25) is 0 Å². The average molecular weight is 388 g/mol. The van der Waals surface area contributed by atoms with Crippen molar-refractivity contribution in [2.75, 3.05) is 60.0 Å². The number of methoxy groups -OCH3 is 2. The van der Waals surface area contributed by atoms with Crippen LogP contribution in [0.15, 0.2) is 12.1 Å². The van der Waals surface area contributed by atoms with E-state index in [2.05, 4.69) is 27.7 Å². The minimum Gasteiger partial charge on any atom is -0.496 e. The molecule has 3 fully saturated rings. The lowest BCUT2D eigenvalue weighted by atomic mass is 10.0. The Bertz CT molecular complexity index is 724. The molecule has 0 unspecified atom stereocenters. The van der Waals surface area contributed by atoms with Crippen molar-refractivity contribution in [3.8, 4) is 11.5 Å². The van der Waals surface area contributed by atoms with Gasteiger partial charge in [0.05, 0.1) is 14.2 Å². The van der Waals surface area contributed by atoms with Crippen LogP contribution in [0.3, 0.4) is 0 Å². The van der Waals surface area contributed by atoms with Gasteiger partial charge in [-0.2, -0.15) is 0 Å². The summed E-state index contributed by atoms with van der Waals surface area (Å²) < 4.78 is 11.1. The normalized spacial score (nSPS) is 26.1. The molecule has 6 nitrogen and oxygen atoms in total. The molecule has 2 heterocycles. The van der Waals surface area contributed by atoms with Crippen LogP contribution in [0.4, 0.5) is 0 Å². The first-order chi connectivity index (χ1) is 13.5. The van der Waals surface area contributed by atoms with Crippen molar-refractivity contribution in [2.24, 2.45) is 5.92 Å². The Morgan fingerprint density at radius 3 is 2.36 bits per heavy atom. The van der Waals surface area contributed by atoms with Crippen LogP contribution in [-0.4, -0.2) is 86.7 Å². The summed E-state index contributed by atoms with van der Waals surface area (Å²) in [5, 5.41) is 0. The van der Waals surface area contributed by atoms with E-state index in [4.69, 9.17) is 9.47 Å². The number of amides is 1. The lowest BCUT2D eigenvalue weighted by Crippen LogP contribution is -2.64. The van der Waals surface area contributed by atoms with Crippen molar-refractivity contribution in [3.63, 3.8) is 0 Å². The van der Waals surface area contributed by atoms with Crippen LogP contribution in [0.5, 0.6) is 11.5 Å². The molecule has 1 aromatic carbocycles. The number of likely N-dealkylation sites (N-methyl/N-ethyl adjacent to an activating group) is 1. The number of carbonyl (C=O) groups excluding carboxylic acids is 1. The third kappa shape index (κ3) is 3.60. The van der Waals surface area contributed by atoms with E-state index in [0.29, 0.717) is 11.9 Å². The zero-order valence-electron chi connectivity index (χ0n) is 17.6. The molecule has 0 bridgehead atoms. The molecule has 2 saturated heterocycles. The second kappa shape index (κ2) is 7.91. The van der Waals surface area contributed by atoms with E-state index in [9.17, 15) is 4.79 Å². The summed E-state index contributed by atoms with van der Waals surface area (Å²) in [7, 11) is 3.39. The first-order valence-electron chi connectivity index (χ1n) is 10.5. The summed E-state index contributed by atoms with van der Waals surface area (Å²) >= 11 is 0. The SMILES string of the molecule is CCN1CCN(C2CN(C(=O)[C@@H]3C[C@H]3c3cc(OC)c(C)cc3OC)C2)CC1. The largest absolute Gasteiger partial charge is 0.496 e. The molecular weight excluding hydrogens is 354 g/mol. The summed E-state index contributed by atoms with van der Waals surface area (Å²) in [5.41, 5.74) is 2.16. The number of carbonyl (C=O) groups is 1. The molecule has 2 atom stereocenters. The average Bonchev–Trinajstić information content (AvgIpc) is 3.47. The molecule has 1 saturated carbocycles. The highest BCUT2D eigenvalue weighted by Gasteiger charge is 2.49. The second-order valence-electron chi connectivity index (χ2n) is 8.38. The molecule has 6 heteroatoms. The standard InChI is InChI=1S/C22H33N3O3/c1-5-23-6-8-24(9-7-23)16-13-25(14-16)22(26)19-11-17(19)18-12-20(27-3)15(2)10-21(18)28-4/h10,12,16-17,19H,5-9,11,13-14H2,1-4H3/t17-,19+/m0/s1. The lowest BCUT2D eigenvalue weighted by molar-refractivity contribution is -0.140. The zero-order chi connectivity index (χ0) is 19.8. The molecule has 0 aromatic heterocycles. The van der Waals surface area contributed by atoms with Gasteiger partial charge in [-0.3, -0.25) is 9.69 Å². The monoisotopic (exact) mass is 387 g/mol. The first-order valence-corrected chi connectivity index (χ1v) is 10.5. The molecule has 0 spiro atoms. The van der Waals surface area contributed by atoms with Gasteiger partial charge in [0.1, 0.15) is 11.5 Å². The number of ether oxygens (including phenoxy) is 2.